The highest BCUT2D eigenvalue weighted by atomic mass is 16.6. The zero-order valence-electron chi connectivity index (χ0n) is 40.8. The Morgan fingerprint density at radius 3 is 0.843 bits per heavy atom. The van der Waals surface area contributed by atoms with Gasteiger partial charge in [0.05, 0.1) is 99.1 Å². The van der Waals surface area contributed by atoms with Crippen LogP contribution in [-0.4, -0.2) is 134 Å². The minimum Gasteiger partial charge on any atom is -0.382 e. The van der Waals surface area contributed by atoms with Crippen LogP contribution in [0.3, 0.4) is 0 Å². The third kappa shape index (κ3) is 11.2. The second-order valence-electron chi connectivity index (χ2n) is 17.1. The van der Waals surface area contributed by atoms with Crippen LogP contribution in [0.15, 0.2) is 127 Å². The third-order valence-electron chi connectivity index (χ3n) is 12.8. The standard InChI is InChI=1S/C57H66N4O9/c1-62-28-31-68-37-34-65-25-22-58-52-13-7-4-10-46(52)49-40-43(16-19-55(49)58)61(44-17-20-56-50(41-44)47-11-5-8-14-53(47)59(56)23-26-66-35-38-69-32-29-63-2)45-18-21-57-51(42-45)48-12-6-9-15-54(48)60(57)24-27-67-36-39-70-33-30-64-3/h4-21,40-42H,22-39H2,1-3H3. The van der Waals surface area contributed by atoms with Gasteiger partial charge in [-0.3, -0.25) is 0 Å². The van der Waals surface area contributed by atoms with Crippen molar-refractivity contribution in [3.05, 3.63) is 127 Å². The van der Waals surface area contributed by atoms with Gasteiger partial charge in [0.25, 0.3) is 0 Å². The van der Waals surface area contributed by atoms with Gasteiger partial charge < -0.3 is 61.2 Å². The lowest BCUT2D eigenvalue weighted by Crippen LogP contribution is -2.12. The van der Waals surface area contributed by atoms with E-state index in [-0.39, 0.29) is 0 Å². The molecule has 0 bridgehead atoms. The topological polar surface area (TPSA) is 101 Å². The number of anilines is 3. The van der Waals surface area contributed by atoms with Crippen molar-refractivity contribution in [1.82, 2.24) is 13.7 Å². The molecule has 13 heteroatoms. The number of ether oxygens (including phenoxy) is 9. The van der Waals surface area contributed by atoms with Crippen molar-refractivity contribution in [1.29, 1.82) is 0 Å². The molecule has 0 spiro atoms. The summed E-state index contributed by atoms with van der Waals surface area (Å²) in [6.45, 7) is 10.5. The van der Waals surface area contributed by atoms with Gasteiger partial charge in [0, 0.05) is 123 Å². The van der Waals surface area contributed by atoms with E-state index in [1.54, 1.807) is 21.3 Å². The van der Waals surface area contributed by atoms with E-state index in [4.69, 9.17) is 42.6 Å². The van der Waals surface area contributed by atoms with E-state index in [0.717, 1.165) is 33.6 Å². The van der Waals surface area contributed by atoms with Gasteiger partial charge >= 0.3 is 0 Å². The normalized spacial score (nSPS) is 12.0. The quantitative estimate of drug-likeness (QED) is 0.0405. The molecule has 0 aliphatic heterocycles. The van der Waals surface area contributed by atoms with Gasteiger partial charge in [-0.25, -0.2) is 0 Å². The smallest absolute Gasteiger partial charge is 0.0701 e. The molecule has 0 radical (unpaired) electrons. The first kappa shape index (κ1) is 49.2. The highest BCUT2D eigenvalue weighted by Gasteiger charge is 2.21. The number of hydrogen-bond donors (Lipinski definition) is 0. The predicted octanol–water partition coefficient (Wildman–Crippen LogP) is 10.5. The first-order valence-corrected chi connectivity index (χ1v) is 24.5. The fourth-order valence-corrected chi connectivity index (χ4v) is 9.57. The van der Waals surface area contributed by atoms with E-state index in [0.29, 0.717) is 119 Å². The maximum atomic E-state index is 6.07. The molecule has 9 rings (SSSR count). The van der Waals surface area contributed by atoms with Gasteiger partial charge in [-0.15, -0.1) is 0 Å². The molecule has 368 valence electrons. The van der Waals surface area contributed by atoms with E-state index in [1.165, 1.54) is 48.9 Å². The molecule has 3 aromatic heterocycles. The minimum absolute atomic E-state index is 0.532. The number of hydrogen-bond acceptors (Lipinski definition) is 10. The Kier molecular flexibility index (Phi) is 17.4. The van der Waals surface area contributed by atoms with Gasteiger partial charge in [-0.2, -0.15) is 0 Å². The van der Waals surface area contributed by atoms with Crippen molar-refractivity contribution < 1.29 is 42.6 Å². The summed E-state index contributed by atoms with van der Waals surface area (Å²) >= 11 is 0. The van der Waals surface area contributed by atoms with Crippen LogP contribution in [0.4, 0.5) is 17.1 Å². The summed E-state index contributed by atoms with van der Waals surface area (Å²) in [6, 6.07) is 46.7. The van der Waals surface area contributed by atoms with E-state index in [9.17, 15) is 0 Å². The molecule has 13 nitrogen and oxygen atoms in total. The van der Waals surface area contributed by atoms with Crippen LogP contribution in [-0.2, 0) is 62.3 Å². The Balaban J connectivity index is 1.08. The van der Waals surface area contributed by atoms with Crippen LogP contribution in [0.5, 0.6) is 0 Å². The molecule has 0 saturated carbocycles. The summed E-state index contributed by atoms with van der Waals surface area (Å²) in [5, 5.41) is 7.16. The molecule has 0 amide bonds. The lowest BCUT2D eigenvalue weighted by atomic mass is 10.1. The van der Waals surface area contributed by atoms with Gasteiger partial charge in [0.15, 0.2) is 0 Å². The minimum atomic E-state index is 0.532. The first-order chi connectivity index (χ1) is 34.7. The molecule has 0 fully saturated rings. The molecular weight excluding hydrogens is 885 g/mol. The van der Waals surface area contributed by atoms with Gasteiger partial charge in [0.2, 0.25) is 0 Å². The zero-order chi connectivity index (χ0) is 47.9. The number of nitrogens with zero attached hydrogens (tertiary/aromatic N) is 4. The number of aromatic nitrogens is 3. The number of benzene rings is 6. The van der Waals surface area contributed by atoms with Gasteiger partial charge in [-0.1, -0.05) is 54.6 Å². The predicted molar refractivity (Wildman–Crippen MR) is 281 cm³/mol. The summed E-state index contributed by atoms with van der Waals surface area (Å²) in [4.78, 5) is 2.41. The summed E-state index contributed by atoms with van der Waals surface area (Å²) in [7, 11) is 5.04. The molecule has 0 saturated heterocycles. The fraction of sp³-hybridized carbons (Fsp3) is 0.368. The Morgan fingerprint density at radius 2 is 0.543 bits per heavy atom. The highest BCUT2D eigenvalue weighted by molar-refractivity contribution is 6.13. The average molecular weight is 951 g/mol. The molecule has 9 aromatic rings. The van der Waals surface area contributed by atoms with Crippen molar-refractivity contribution in [2.45, 2.75) is 19.6 Å². The summed E-state index contributed by atoms with van der Waals surface area (Å²) < 4.78 is 57.6. The maximum absolute atomic E-state index is 6.07. The van der Waals surface area contributed by atoms with E-state index in [1.807, 2.05) is 0 Å². The number of rotatable bonds is 30. The van der Waals surface area contributed by atoms with Crippen molar-refractivity contribution in [3.63, 3.8) is 0 Å². The van der Waals surface area contributed by atoms with Crippen LogP contribution < -0.4 is 4.90 Å². The first-order valence-electron chi connectivity index (χ1n) is 24.5. The lowest BCUT2D eigenvalue weighted by molar-refractivity contribution is 0.0234. The third-order valence-corrected chi connectivity index (χ3v) is 12.8. The van der Waals surface area contributed by atoms with E-state index >= 15 is 0 Å². The van der Waals surface area contributed by atoms with Gasteiger partial charge in [-0.05, 0) is 72.8 Å². The van der Waals surface area contributed by atoms with Crippen LogP contribution >= 0.6 is 0 Å². The van der Waals surface area contributed by atoms with Crippen LogP contribution in [0.1, 0.15) is 0 Å². The number of methoxy groups -OCH3 is 3. The maximum Gasteiger partial charge on any atom is 0.0701 e. The van der Waals surface area contributed by atoms with Gasteiger partial charge in [0.1, 0.15) is 0 Å². The zero-order valence-corrected chi connectivity index (χ0v) is 40.8. The molecule has 0 N–H and O–H groups in total. The largest absolute Gasteiger partial charge is 0.382 e. The van der Waals surface area contributed by atoms with Crippen molar-refractivity contribution in [2.24, 2.45) is 0 Å². The summed E-state index contributed by atoms with van der Waals surface area (Å²) in [5.41, 5.74) is 10.2. The second-order valence-corrected chi connectivity index (χ2v) is 17.1. The average Bonchev–Trinajstić information content (AvgIpc) is 4.01. The molecule has 0 atom stereocenters. The van der Waals surface area contributed by atoms with Crippen molar-refractivity contribution in [2.75, 3.05) is 125 Å². The molecule has 0 unspecified atom stereocenters. The monoisotopic (exact) mass is 950 g/mol. The summed E-state index contributed by atoms with van der Waals surface area (Å²) in [6.07, 6.45) is 0. The van der Waals surface area contributed by atoms with Crippen molar-refractivity contribution in [3.8, 4) is 0 Å². The fourth-order valence-electron chi connectivity index (χ4n) is 9.57. The number of para-hydroxylation sites is 3. The molecule has 3 heterocycles. The SMILES string of the molecule is COCCOCCOCCn1c2ccccc2c2cc(N(c3ccc4c(c3)c3ccccc3n4CCOCCOCCOC)c3ccc4c(c3)c3ccccc3n4CCOCCOCCOC)ccc21. The second kappa shape index (κ2) is 24.8. The molecule has 0 aliphatic carbocycles. The van der Waals surface area contributed by atoms with Crippen LogP contribution in [0, 0.1) is 0 Å². The Morgan fingerprint density at radius 1 is 0.286 bits per heavy atom. The number of fused-ring (bicyclic) bond motifs is 9. The van der Waals surface area contributed by atoms with Crippen molar-refractivity contribution >= 4 is 82.5 Å². The van der Waals surface area contributed by atoms with E-state index < -0.39 is 0 Å². The van der Waals surface area contributed by atoms with E-state index in [2.05, 4.69) is 146 Å². The molecule has 0 aliphatic rings. The Bertz CT molecular complexity index is 2760. The molecule has 70 heavy (non-hydrogen) atoms. The Labute approximate surface area is 409 Å². The van der Waals surface area contributed by atoms with Crippen LogP contribution in [0.25, 0.3) is 65.4 Å². The van der Waals surface area contributed by atoms with Crippen LogP contribution in [0.2, 0.25) is 0 Å². The molecular formula is C57H66N4O9. The lowest BCUT2D eigenvalue weighted by Gasteiger charge is -2.26. The Hall–Kier alpha value is -5.84. The summed E-state index contributed by atoms with van der Waals surface area (Å²) in [5.74, 6) is 0. The highest BCUT2D eigenvalue weighted by Crippen LogP contribution is 2.43. The molecule has 6 aromatic carbocycles.